The molecule has 6 nitrogen and oxygen atoms in total. The summed E-state index contributed by atoms with van der Waals surface area (Å²) in [4.78, 5) is 17.9. The summed E-state index contributed by atoms with van der Waals surface area (Å²) in [6.45, 7) is 4.40. The van der Waals surface area contributed by atoms with Gasteiger partial charge in [0.15, 0.2) is 5.16 Å². The van der Waals surface area contributed by atoms with Gasteiger partial charge in [0.1, 0.15) is 0 Å². The Morgan fingerprint density at radius 3 is 2.57 bits per heavy atom. The molecule has 0 aliphatic carbocycles. The van der Waals surface area contributed by atoms with E-state index in [1.807, 2.05) is 50.2 Å². The van der Waals surface area contributed by atoms with Gasteiger partial charge in [-0.1, -0.05) is 30.0 Å². The molecule has 3 rings (SSSR count). The second kappa shape index (κ2) is 8.46. The van der Waals surface area contributed by atoms with E-state index in [2.05, 4.69) is 4.72 Å². The van der Waals surface area contributed by atoms with Crippen molar-refractivity contribution in [2.24, 2.45) is 0 Å². The van der Waals surface area contributed by atoms with Crippen LogP contribution in [0.15, 0.2) is 52.4 Å². The third-order valence-corrected chi connectivity index (χ3v) is 6.16. The van der Waals surface area contributed by atoms with E-state index in [4.69, 9.17) is 4.98 Å². The van der Waals surface area contributed by atoms with Gasteiger partial charge in [0.2, 0.25) is 10.0 Å². The number of aryl methyl sites for hydroxylation is 2. The molecule has 2 aromatic carbocycles. The lowest BCUT2D eigenvalue weighted by atomic mass is 10.1. The molecule has 0 atom stereocenters. The summed E-state index contributed by atoms with van der Waals surface area (Å²) >= 11 is 1.45. The molecule has 0 fully saturated rings. The summed E-state index contributed by atoms with van der Waals surface area (Å²) in [6.07, 6.45) is 1.77. The number of rotatable bonds is 7. The van der Waals surface area contributed by atoms with Crippen LogP contribution in [0.3, 0.4) is 0 Å². The van der Waals surface area contributed by atoms with Crippen LogP contribution in [0.2, 0.25) is 0 Å². The van der Waals surface area contributed by atoms with Crippen LogP contribution in [0.25, 0.3) is 16.6 Å². The van der Waals surface area contributed by atoms with E-state index in [9.17, 15) is 13.2 Å². The van der Waals surface area contributed by atoms with Gasteiger partial charge in [-0.05, 0) is 55.7 Å². The van der Waals surface area contributed by atoms with E-state index in [1.165, 1.54) is 11.8 Å². The third kappa shape index (κ3) is 4.81. The number of nitrogens with one attached hydrogen (secondary N) is 1. The number of benzene rings is 2. The number of sulfonamides is 1. The summed E-state index contributed by atoms with van der Waals surface area (Å²) < 4.78 is 26.5. The first-order valence-corrected chi connectivity index (χ1v) is 11.8. The average Bonchev–Trinajstić information content (AvgIpc) is 2.63. The lowest BCUT2D eigenvalue weighted by molar-refractivity contribution is 0.587. The van der Waals surface area contributed by atoms with E-state index >= 15 is 0 Å². The van der Waals surface area contributed by atoms with Crippen LogP contribution >= 0.6 is 11.8 Å². The predicted molar refractivity (Wildman–Crippen MR) is 115 cm³/mol. The molecule has 0 saturated carbocycles. The Morgan fingerprint density at radius 1 is 1.11 bits per heavy atom. The van der Waals surface area contributed by atoms with Crippen molar-refractivity contribution in [2.45, 2.75) is 25.4 Å². The van der Waals surface area contributed by atoms with Gasteiger partial charge in [0.25, 0.3) is 5.56 Å². The molecule has 8 heteroatoms. The van der Waals surface area contributed by atoms with E-state index in [0.29, 0.717) is 34.8 Å². The molecule has 0 radical (unpaired) electrons. The maximum absolute atomic E-state index is 13.2. The summed E-state index contributed by atoms with van der Waals surface area (Å²) in [5.74, 6) is 0.637. The highest BCUT2D eigenvalue weighted by atomic mass is 32.2. The molecule has 1 N–H and O–H groups in total. The van der Waals surface area contributed by atoms with Gasteiger partial charge >= 0.3 is 0 Å². The Labute approximate surface area is 169 Å². The summed E-state index contributed by atoms with van der Waals surface area (Å²) in [5.41, 5.74) is 3.59. The molecule has 0 saturated heterocycles. The monoisotopic (exact) mass is 417 g/mol. The van der Waals surface area contributed by atoms with Crippen molar-refractivity contribution in [1.82, 2.24) is 14.3 Å². The van der Waals surface area contributed by atoms with Crippen molar-refractivity contribution in [2.75, 3.05) is 18.6 Å². The molecular weight excluding hydrogens is 394 g/mol. The molecule has 0 bridgehead atoms. The van der Waals surface area contributed by atoms with Crippen molar-refractivity contribution in [3.8, 4) is 5.69 Å². The van der Waals surface area contributed by atoms with Crippen molar-refractivity contribution >= 4 is 32.7 Å². The quantitative estimate of drug-likeness (QED) is 0.363. The first kappa shape index (κ1) is 20.6. The molecule has 1 heterocycles. The normalized spacial score (nSPS) is 11.8. The van der Waals surface area contributed by atoms with E-state index < -0.39 is 10.0 Å². The SMILES string of the molecule is Cc1ccc(-n2c(SCCCNS(C)(=O)=O)nc3ccccc3c2=O)cc1C. The lowest BCUT2D eigenvalue weighted by Crippen LogP contribution is -2.24. The molecule has 0 aliphatic rings. The Bertz CT molecular complexity index is 1170. The minimum Gasteiger partial charge on any atom is -0.268 e. The third-order valence-electron chi connectivity index (χ3n) is 4.41. The number of para-hydroxylation sites is 1. The molecule has 28 heavy (non-hydrogen) atoms. The van der Waals surface area contributed by atoms with Crippen LogP contribution < -0.4 is 10.3 Å². The maximum Gasteiger partial charge on any atom is 0.266 e. The number of thioether (sulfide) groups is 1. The fraction of sp³-hybridized carbons (Fsp3) is 0.300. The largest absolute Gasteiger partial charge is 0.268 e. The van der Waals surface area contributed by atoms with Gasteiger partial charge in [0, 0.05) is 12.3 Å². The number of nitrogens with zero attached hydrogens (tertiary/aromatic N) is 2. The van der Waals surface area contributed by atoms with Crippen molar-refractivity contribution in [1.29, 1.82) is 0 Å². The topological polar surface area (TPSA) is 81.1 Å². The minimum atomic E-state index is -3.19. The van der Waals surface area contributed by atoms with Crippen LogP contribution in [-0.2, 0) is 10.0 Å². The predicted octanol–water partition coefficient (Wildman–Crippen LogP) is 3.03. The highest BCUT2D eigenvalue weighted by Crippen LogP contribution is 2.23. The second-order valence-corrected chi connectivity index (χ2v) is 9.58. The number of fused-ring (bicyclic) bond motifs is 1. The van der Waals surface area contributed by atoms with Crippen molar-refractivity contribution < 1.29 is 8.42 Å². The van der Waals surface area contributed by atoms with Gasteiger partial charge < -0.3 is 0 Å². The highest BCUT2D eigenvalue weighted by Gasteiger charge is 2.13. The van der Waals surface area contributed by atoms with Crippen LogP contribution in [0.1, 0.15) is 17.5 Å². The smallest absolute Gasteiger partial charge is 0.266 e. The molecule has 0 aliphatic heterocycles. The average molecular weight is 418 g/mol. The molecule has 148 valence electrons. The van der Waals surface area contributed by atoms with Crippen LogP contribution in [0.4, 0.5) is 0 Å². The zero-order chi connectivity index (χ0) is 20.3. The van der Waals surface area contributed by atoms with Crippen LogP contribution in [-0.4, -0.2) is 36.5 Å². The van der Waals surface area contributed by atoms with Gasteiger partial charge in [-0.15, -0.1) is 0 Å². The van der Waals surface area contributed by atoms with Crippen molar-refractivity contribution in [3.63, 3.8) is 0 Å². The molecule has 0 amide bonds. The summed E-state index contributed by atoms with van der Waals surface area (Å²) in [6, 6.07) is 13.2. The lowest BCUT2D eigenvalue weighted by Gasteiger charge is -2.14. The molecule has 0 unspecified atom stereocenters. The van der Waals surface area contributed by atoms with Crippen molar-refractivity contribution in [3.05, 3.63) is 63.9 Å². The fourth-order valence-electron chi connectivity index (χ4n) is 2.79. The van der Waals surface area contributed by atoms with Gasteiger partial charge in [-0.25, -0.2) is 18.1 Å². The number of hydrogen-bond donors (Lipinski definition) is 1. The van der Waals surface area contributed by atoms with E-state index in [0.717, 1.165) is 23.1 Å². The Balaban J connectivity index is 1.97. The molecular formula is C20H23N3O3S2. The first-order chi connectivity index (χ1) is 13.3. The number of aromatic nitrogens is 2. The van der Waals surface area contributed by atoms with Gasteiger partial charge in [-0.2, -0.15) is 0 Å². The zero-order valence-electron chi connectivity index (χ0n) is 16.1. The summed E-state index contributed by atoms with van der Waals surface area (Å²) in [5, 5.41) is 1.18. The van der Waals surface area contributed by atoms with Crippen LogP contribution in [0.5, 0.6) is 0 Å². The standard InChI is InChI=1S/C20H23N3O3S2/c1-14-9-10-16(13-15(14)2)23-19(24)17-7-4-5-8-18(17)22-20(23)27-12-6-11-21-28(3,25)26/h4-5,7-10,13,21H,6,11-12H2,1-3H3. The van der Waals surface area contributed by atoms with E-state index in [1.54, 1.807) is 10.6 Å². The zero-order valence-corrected chi connectivity index (χ0v) is 17.7. The Morgan fingerprint density at radius 2 is 1.86 bits per heavy atom. The fourth-order valence-corrected chi connectivity index (χ4v) is 4.26. The van der Waals surface area contributed by atoms with Crippen LogP contribution in [0, 0.1) is 13.8 Å². The Hall–Kier alpha value is -2.16. The number of hydrogen-bond acceptors (Lipinski definition) is 5. The van der Waals surface area contributed by atoms with Gasteiger partial charge in [-0.3, -0.25) is 9.36 Å². The Kier molecular flexibility index (Phi) is 6.22. The van der Waals surface area contributed by atoms with Gasteiger partial charge in [0.05, 0.1) is 22.8 Å². The first-order valence-electron chi connectivity index (χ1n) is 8.93. The highest BCUT2D eigenvalue weighted by molar-refractivity contribution is 7.99. The summed E-state index contributed by atoms with van der Waals surface area (Å²) in [7, 11) is -3.19. The maximum atomic E-state index is 13.2. The second-order valence-electron chi connectivity index (χ2n) is 6.69. The minimum absolute atomic E-state index is 0.106. The molecule has 1 aromatic heterocycles. The molecule has 3 aromatic rings. The van der Waals surface area contributed by atoms with E-state index in [-0.39, 0.29) is 5.56 Å². The molecule has 0 spiro atoms.